The van der Waals surface area contributed by atoms with Gasteiger partial charge >= 0.3 is 0 Å². The van der Waals surface area contributed by atoms with Gasteiger partial charge < -0.3 is 20.5 Å². The number of hydrogen-bond donors (Lipinski definition) is 3. The Balaban J connectivity index is 1.64. The number of nitrogens with zero attached hydrogens (tertiary/aromatic N) is 5. The van der Waals surface area contributed by atoms with Gasteiger partial charge in [-0.3, -0.25) is 9.48 Å². The van der Waals surface area contributed by atoms with Crippen LogP contribution in [0.3, 0.4) is 0 Å². The molecule has 0 aromatic carbocycles. The Morgan fingerprint density at radius 1 is 1.50 bits per heavy atom. The molecule has 1 aliphatic heterocycles. The van der Waals surface area contributed by atoms with Gasteiger partial charge in [0.05, 0.1) is 28.3 Å². The van der Waals surface area contributed by atoms with Crippen molar-refractivity contribution in [3.63, 3.8) is 0 Å². The molecule has 3 N–H and O–H groups in total. The summed E-state index contributed by atoms with van der Waals surface area (Å²) < 4.78 is 16.4. The molecule has 0 radical (unpaired) electrons. The van der Waals surface area contributed by atoms with E-state index in [1.54, 1.807) is 22.0 Å². The number of aryl methyl sites for hydroxylation is 1. The molecule has 3 aromatic heterocycles. The van der Waals surface area contributed by atoms with E-state index in [1.807, 2.05) is 13.1 Å². The second-order valence-electron chi connectivity index (χ2n) is 7.01. The first-order valence-electron chi connectivity index (χ1n) is 9.64. The highest BCUT2D eigenvalue weighted by molar-refractivity contribution is 6.36. The molecule has 1 amide bonds. The minimum atomic E-state index is -1.14. The monoisotopic (exact) mass is 432 g/mol. The van der Waals surface area contributed by atoms with Crippen LogP contribution in [0.4, 0.5) is 21.8 Å². The second kappa shape index (κ2) is 8.31. The molecule has 1 saturated heterocycles. The first-order chi connectivity index (χ1) is 14.5. The van der Waals surface area contributed by atoms with Gasteiger partial charge in [-0.2, -0.15) is 15.1 Å². The highest BCUT2D eigenvalue weighted by Crippen LogP contribution is 2.31. The van der Waals surface area contributed by atoms with Gasteiger partial charge in [0.15, 0.2) is 0 Å². The third kappa shape index (κ3) is 3.95. The molecular formula is C19H22ClFN8O. The Morgan fingerprint density at radius 3 is 3.07 bits per heavy atom. The molecule has 9 nitrogen and oxygen atoms in total. The van der Waals surface area contributed by atoms with Gasteiger partial charge in [-0.05, 0) is 19.4 Å². The quantitative estimate of drug-likeness (QED) is 0.517. The number of rotatable bonds is 6. The number of aromatic amines is 1. The van der Waals surface area contributed by atoms with E-state index in [-0.39, 0.29) is 18.9 Å². The summed E-state index contributed by atoms with van der Waals surface area (Å²) in [6, 6.07) is -0.637. The molecule has 30 heavy (non-hydrogen) atoms. The van der Waals surface area contributed by atoms with Crippen molar-refractivity contribution in [2.24, 2.45) is 0 Å². The molecule has 0 bridgehead atoms. The second-order valence-corrected chi connectivity index (χ2v) is 7.42. The van der Waals surface area contributed by atoms with Crippen molar-refractivity contribution >= 4 is 46.0 Å². The molecule has 1 fully saturated rings. The number of carbonyl (C=O) groups is 1. The molecule has 2 atom stereocenters. The number of halogens is 2. The first kappa shape index (κ1) is 20.1. The molecule has 4 rings (SSSR count). The fourth-order valence-electron chi connectivity index (χ4n) is 3.45. The number of alkyl halides is 1. The number of amides is 1. The van der Waals surface area contributed by atoms with Crippen LogP contribution in [0.2, 0.25) is 5.02 Å². The SMILES string of the molecule is C=CC(=O)N1CC[C@@H](F)[C@@H](Nc2nc(Nc3cnn(CC)c3)nc3[nH]cc(Cl)c23)C1. The normalized spacial score (nSPS) is 19.1. The van der Waals surface area contributed by atoms with Crippen LogP contribution in [-0.2, 0) is 11.3 Å². The lowest BCUT2D eigenvalue weighted by molar-refractivity contribution is -0.127. The van der Waals surface area contributed by atoms with E-state index >= 15 is 0 Å². The number of likely N-dealkylation sites (tertiary alicyclic amines) is 1. The summed E-state index contributed by atoms with van der Waals surface area (Å²) in [6.07, 6.45) is 5.43. The van der Waals surface area contributed by atoms with Gasteiger partial charge in [0.1, 0.15) is 17.6 Å². The number of carbonyl (C=O) groups excluding carboxylic acids is 1. The van der Waals surface area contributed by atoms with Crippen molar-refractivity contribution in [3.05, 3.63) is 36.3 Å². The Bertz CT molecular complexity index is 1080. The molecule has 1 aliphatic rings. The molecule has 0 saturated carbocycles. The zero-order valence-corrected chi connectivity index (χ0v) is 17.2. The van der Waals surface area contributed by atoms with Crippen LogP contribution in [0.25, 0.3) is 11.0 Å². The summed E-state index contributed by atoms with van der Waals surface area (Å²) in [5.41, 5.74) is 1.23. The van der Waals surface area contributed by atoms with Crippen LogP contribution in [0.15, 0.2) is 31.2 Å². The first-order valence-corrected chi connectivity index (χ1v) is 10.0. The molecule has 0 aliphatic carbocycles. The van der Waals surface area contributed by atoms with Crippen LogP contribution < -0.4 is 10.6 Å². The van der Waals surface area contributed by atoms with E-state index in [0.717, 1.165) is 12.2 Å². The van der Waals surface area contributed by atoms with E-state index in [9.17, 15) is 9.18 Å². The minimum absolute atomic E-state index is 0.200. The van der Waals surface area contributed by atoms with E-state index in [4.69, 9.17) is 11.6 Å². The molecule has 0 spiro atoms. The number of hydrogen-bond acceptors (Lipinski definition) is 6. The predicted molar refractivity (Wildman–Crippen MR) is 114 cm³/mol. The third-order valence-corrected chi connectivity index (χ3v) is 5.33. The van der Waals surface area contributed by atoms with Crippen molar-refractivity contribution in [1.29, 1.82) is 0 Å². The summed E-state index contributed by atoms with van der Waals surface area (Å²) in [6.45, 7) is 6.78. The van der Waals surface area contributed by atoms with Crippen LogP contribution in [-0.4, -0.2) is 60.8 Å². The van der Waals surface area contributed by atoms with Crippen molar-refractivity contribution in [1.82, 2.24) is 29.6 Å². The highest BCUT2D eigenvalue weighted by atomic mass is 35.5. The zero-order valence-electron chi connectivity index (χ0n) is 16.4. The van der Waals surface area contributed by atoms with Gasteiger partial charge in [0.25, 0.3) is 0 Å². The van der Waals surface area contributed by atoms with Crippen molar-refractivity contribution < 1.29 is 9.18 Å². The Kier molecular flexibility index (Phi) is 5.58. The average molecular weight is 433 g/mol. The number of H-pyrrole nitrogens is 1. The Hall–Kier alpha value is -3.14. The zero-order chi connectivity index (χ0) is 21.3. The maximum Gasteiger partial charge on any atom is 0.246 e. The summed E-state index contributed by atoms with van der Waals surface area (Å²) in [5, 5.41) is 11.4. The fraction of sp³-hybridized carbons (Fsp3) is 0.368. The lowest BCUT2D eigenvalue weighted by Crippen LogP contribution is -2.50. The molecule has 0 unspecified atom stereocenters. The third-order valence-electron chi connectivity index (χ3n) is 5.03. The number of aromatic nitrogens is 5. The minimum Gasteiger partial charge on any atom is -0.362 e. The highest BCUT2D eigenvalue weighted by Gasteiger charge is 2.31. The van der Waals surface area contributed by atoms with E-state index in [1.165, 1.54) is 6.08 Å². The van der Waals surface area contributed by atoms with Crippen LogP contribution in [0.1, 0.15) is 13.3 Å². The van der Waals surface area contributed by atoms with Crippen molar-refractivity contribution in [3.8, 4) is 0 Å². The van der Waals surface area contributed by atoms with Crippen LogP contribution in [0, 0.1) is 0 Å². The van der Waals surface area contributed by atoms with Gasteiger partial charge in [-0.1, -0.05) is 18.2 Å². The largest absolute Gasteiger partial charge is 0.362 e. The molecular weight excluding hydrogens is 411 g/mol. The molecule has 4 heterocycles. The average Bonchev–Trinajstić information content (AvgIpc) is 3.35. The number of nitrogens with one attached hydrogen (secondary N) is 3. The Labute approximate surface area is 177 Å². The number of piperidine rings is 1. The van der Waals surface area contributed by atoms with Gasteiger partial charge in [0, 0.05) is 32.0 Å². The maximum absolute atomic E-state index is 14.7. The smallest absolute Gasteiger partial charge is 0.246 e. The topological polar surface area (TPSA) is 104 Å². The lowest BCUT2D eigenvalue weighted by atomic mass is 10.0. The fourth-order valence-corrected chi connectivity index (χ4v) is 3.68. The number of fused-ring (bicyclic) bond motifs is 1. The summed E-state index contributed by atoms with van der Waals surface area (Å²) in [4.78, 5) is 25.5. The maximum atomic E-state index is 14.7. The van der Waals surface area contributed by atoms with Crippen LogP contribution >= 0.6 is 11.6 Å². The summed E-state index contributed by atoms with van der Waals surface area (Å²) in [5.74, 6) is 0.470. The predicted octanol–water partition coefficient (Wildman–Crippen LogP) is 3.11. The van der Waals surface area contributed by atoms with Crippen LogP contribution in [0.5, 0.6) is 0 Å². The summed E-state index contributed by atoms with van der Waals surface area (Å²) in [7, 11) is 0. The number of anilines is 3. The van der Waals surface area contributed by atoms with E-state index < -0.39 is 12.2 Å². The van der Waals surface area contributed by atoms with E-state index in [0.29, 0.717) is 34.4 Å². The molecule has 158 valence electrons. The van der Waals surface area contributed by atoms with Gasteiger partial charge in [0.2, 0.25) is 11.9 Å². The standard InChI is InChI=1S/C19H22ClFN8O/c1-3-15(30)28-6-5-13(21)14(10-28)25-18-16-12(20)8-22-17(16)26-19(27-18)24-11-7-23-29(4-2)9-11/h3,7-9,13-14H,1,4-6,10H2,2H3,(H3,22,24,25,26,27)/t13-,14+/m1/s1. The van der Waals surface area contributed by atoms with Crippen molar-refractivity contribution in [2.75, 3.05) is 23.7 Å². The van der Waals surface area contributed by atoms with Crippen molar-refractivity contribution in [2.45, 2.75) is 32.1 Å². The summed E-state index contributed by atoms with van der Waals surface area (Å²) >= 11 is 6.31. The molecule has 3 aromatic rings. The van der Waals surface area contributed by atoms with Gasteiger partial charge in [-0.25, -0.2) is 4.39 Å². The molecule has 11 heteroatoms. The van der Waals surface area contributed by atoms with Gasteiger partial charge in [-0.15, -0.1) is 0 Å². The Morgan fingerprint density at radius 2 is 2.33 bits per heavy atom. The lowest BCUT2D eigenvalue weighted by Gasteiger charge is -2.35. The van der Waals surface area contributed by atoms with E-state index in [2.05, 4.69) is 37.3 Å².